The molecular weight excluding hydrogens is 404 g/mol. The van der Waals surface area contributed by atoms with Crippen LogP contribution in [0.2, 0.25) is 0 Å². The van der Waals surface area contributed by atoms with Gasteiger partial charge in [-0.05, 0) is 74.9 Å². The zero-order valence-corrected chi connectivity index (χ0v) is 19.7. The van der Waals surface area contributed by atoms with Crippen molar-refractivity contribution in [3.8, 4) is 0 Å². The van der Waals surface area contributed by atoms with E-state index < -0.39 is 0 Å². The van der Waals surface area contributed by atoms with Crippen molar-refractivity contribution in [3.63, 3.8) is 0 Å². The Bertz CT molecular complexity index is 813. The van der Waals surface area contributed by atoms with Gasteiger partial charge in [-0.2, -0.15) is 0 Å². The van der Waals surface area contributed by atoms with Gasteiger partial charge in [0.2, 0.25) is 0 Å². The summed E-state index contributed by atoms with van der Waals surface area (Å²) in [5, 5.41) is 5.33. The summed E-state index contributed by atoms with van der Waals surface area (Å²) in [6.45, 7) is 12.9. The highest BCUT2D eigenvalue weighted by molar-refractivity contribution is 7.09. The molecule has 0 saturated carbocycles. The molecular formula is C25H36N4OS. The SMILES string of the molecule is CC(C)N1CCN(c2ccc(C(=O)NCC3CCCN(Cc4cccs4)C3)cc2)CC1. The van der Waals surface area contributed by atoms with Crippen LogP contribution in [0.3, 0.4) is 0 Å². The molecule has 0 aliphatic carbocycles. The first-order valence-corrected chi connectivity index (χ1v) is 12.6. The van der Waals surface area contributed by atoms with Gasteiger partial charge >= 0.3 is 0 Å². The minimum Gasteiger partial charge on any atom is -0.369 e. The fraction of sp³-hybridized carbons (Fsp3) is 0.560. The van der Waals surface area contributed by atoms with E-state index in [4.69, 9.17) is 0 Å². The second kappa shape index (κ2) is 10.6. The average molecular weight is 441 g/mol. The summed E-state index contributed by atoms with van der Waals surface area (Å²) < 4.78 is 0. The normalized spacial score (nSPS) is 20.9. The first-order valence-electron chi connectivity index (χ1n) is 11.7. The first-order chi connectivity index (χ1) is 15.1. The van der Waals surface area contributed by atoms with Crippen LogP contribution in [0.5, 0.6) is 0 Å². The van der Waals surface area contributed by atoms with Crippen LogP contribution in [-0.4, -0.2) is 67.6 Å². The Morgan fingerprint density at radius 2 is 1.87 bits per heavy atom. The molecule has 1 atom stereocenters. The Morgan fingerprint density at radius 3 is 2.55 bits per heavy atom. The van der Waals surface area contributed by atoms with Gasteiger partial charge in [-0.25, -0.2) is 0 Å². The minimum atomic E-state index is 0.0477. The van der Waals surface area contributed by atoms with E-state index in [1.54, 1.807) is 0 Å². The lowest BCUT2D eigenvalue weighted by Crippen LogP contribution is -2.48. The number of likely N-dealkylation sites (tertiary alicyclic amines) is 1. The largest absolute Gasteiger partial charge is 0.369 e. The van der Waals surface area contributed by atoms with E-state index in [0.29, 0.717) is 12.0 Å². The highest BCUT2D eigenvalue weighted by Gasteiger charge is 2.22. The van der Waals surface area contributed by atoms with Crippen LogP contribution in [-0.2, 0) is 6.54 Å². The number of hydrogen-bond donors (Lipinski definition) is 1. The third-order valence-corrected chi connectivity index (χ3v) is 7.51. The molecule has 2 fully saturated rings. The molecule has 0 bridgehead atoms. The topological polar surface area (TPSA) is 38.8 Å². The lowest BCUT2D eigenvalue weighted by Gasteiger charge is -2.38. The molecule has 1 N–H and O–H groups in total. The Labute approximate surface area is 191 Å². The van der Waals surface area contributed by atoms with Crippen molar-refractivity contribution >= 4 is 22.9 Å². The molecule has 3 heterocycles. The summed E-state index contributed by atoms with van der Waals surface area (Å²) in [6, 6.07) is 13.1. The van der Waals surface area contributed by atoms with E-state index in [2.05, 4.69) is 63.5 Å². The highest BCUT2D eigenvalue weighted by Crippen LogP contribution is 2.21. The molecule has 0 spiro atoms. The smallest absolute Gasteiger partial charge is 0.251 e. The third-order valence-electron chi connectivity index (χ3n) is 6.65. The number of amides is 1. The molecule has 1 aromatic heterocycles. The number of nitrogens with one attached hydrogen (secondary N) is 1. The van der Waals surface area contributed by atoms with Crippen LogP contribution >= 0.6 is 11.3 Å². The van der Waals surface area contributed by atoms with Crippen LogP contribution in [0.4, 0.5) is 5.69 Å². The molecule has 1 unspecified atom stereocenters. The van der Waals surface area contributed by atoms with Crippen molar-refractivity contribution in [3.05, 3.63) is 52.2 Å². The van der Waals surface area contributed by atoms with E-state index in [-0.39, 0.29) is 5.91 Å². The third kappa shape index (κ3) is 6.09. The van der Waals surface area contributed by atoms with Crippen molar-refractivity contribution in [1.82, 2.24) is 15.1 Å². The molecule has 2 aromatic rings. The highest BCUT2D eigenvalue weighted by atomic mass is 32.1. The predicted molar refractivity (Wildman–Crippen MR) is 130 cm³/mol. The maximum Gasteiger partial charge on any atom is 0.251 e. The standard InChI is InChI=1S/C25H36N4OS/c1-20(2)28-12-14-29(15-13-28)23-9-7-22(8-10-23)25(30)26-17-21-5-3-11-27(18-21)19-24-6-4-16-31-24/h4,6-10,16,20-21H,3,5,11-15,17-19H2,1-2H3,(H,26,30). The lowest BCUT2D eigenvalue weighted by atomic mass is 9.97. The fourth-order valence-electron chi connectivity index (χ4n) is 4.74. The average Bonchev–Trinajstić information content (AvgIpc) is 3.31. The first kappa shape index (κ1) is 22.3. The molecule has 2 aliphatic heterocycles. The molecule has 5 nitrogen and oxygen atoms in total. The van der Waals surface area contributed by atoms with Gasteiger partial charge in [0, 0.05) is 68.0 Å². The Balaban J connectivity index is 1.23. The number of piperazine rings is 1. The summed E-state index contributed by atoms with van der Waals surface area (Å²) >= 11 is 1.83. The molecule has 2 saturated heterocycles. The molecule has 4 rings (SSSR count). The fourth-order valence-corrected chi connectivity index (χ4v) is 5.49. The number of nitrogens with zero attached hydrogens (tertiary/aromatic N) is 3. The van der Waals surface area contributed by atoms with Crippen molar-refractivity contribution in [2.24, 2.45) is 5.92 Å². The Kier molecular flexibility index (Phi) is 7.64. The summed E-state index contributed by atoms with van der Waals surface area (Å²) in [5.74, 6) is 0.584. The quantitative estimate of drug-likeness (QED) is 0.708. The van der Waals surface area contributed by atoms with Crippen molar-refractivity contribution < 1.29 is 4.79 Å². The monoisotopic (exact) mass is 440 g/mol. The summed E-state index contributed by atoms with van der Waals surface area (Å²) in [4.78, 5) is 21.6. The number of hydrogen-bond acceptors (Lipinski definition) is 5. The lowest BCUT2D eigenvalue weighted by molar-refractivity contribution is 0.0931. The maximum atomic E-state index is 12.7. The predicted octanol–water partition coefficient (Wildman–Crippen LogP) is 3.92. The van der Waals surface area contributed by atoms with Gasteiger partial charge in [0.05, 0.1) is 0 Å². The summed E-state index contributed by atoms with van der Waals surface area (Å²) in [7, 11) is 0. The molecule has 2 aliphatic rings. The van der Waals surface area contributed by atoms with Crippen LogP contribution in [0.1, 0.15) is 41.9 Å². The van der Waals surface area contributed by atoms with E-state index >= 15 is 0 Å². The molecule has 1 amide bonds. The van der Waals surface area contributed by atoms with Crippen molar-refractivity contribution in [2.75, 3.05) is 50.7 Å². The van der Waals surface area contributed by atoms with Gasteiger partial charge in [-0.3, -0.25) is 14.6 Å². The summed E-state index contributed by atoms with van der Waals surface area (Å²) in [6.07, 6.45) is 2.41. The van der Waals surface area contributed by atoms with E-state index in [9.17, 15) is 4.79 Å². The van der Waals surface area contributed by atoms with Gasteiger partial charge in [-0.15, -0.1) is 11.3 Å². The second-order valence-corrected chi connectivity index (χ2v) is 10.2. The van der Waals surface area contributed by atoms with Crippen molar-refractivity contribution in [1.29, 1.82) is 0 Å². The zero-order chi connectivity index (χ0) is 21.6. The van der Waals surface area contributed by atoms with E-state index in [1.807, 2.05) is 23.5 Å². The maximum absolute atomic E-state index is 12.7. The van der Waals surface area contributed by atoms with Crippen LogP contribution in [0.25, 0.3) is 0 Å². The number of rotatable bonds is 7. The Hall–Kier alpha value is -1.89. The number of carbonyl (C=O) groups is 1. The number of anilines is 1. The van der Waals surface area contributed by atoms with Gasteiger partial charge in [-0.1, -0.05) is 6.07 Å². The molecule has 31 heavy (non-hydrogen) atoms. The van der Waals surface area contributed by atoms with Crippen LogP contribution in [0.15, 0.2) is 41.8 Å². The number of thiophene rings is 1. The van der Waals surface area contributed by atoms with Crippen molar-refractivity contribution in [2.45, 2.75) is 39.3 Å². The number of benzene rings is 1. The van der Waals surface area contributed by atoms with E-state index in [1.165, 1.54) is 23.4 Å². The zero-order valence-electron chi connectivity index (χ0n) is 18.9. The summed E-state index contributed by atoms with van der Waals surface area (Å²) in [5.41, 5.74) is 1.98. The Morgan fingerprint density at radius 1 is 1.10 bits per heavy atom. The van der Waals surface area contributed by atoms with Gasteiger partial charge in [0.1, 0.15) is 0 Å². The minimum absolute atomic E-state index is 0.0477. The van der Waals surface area contributed by atoms with Gasteiger partial charge in [0.25, 0.3) is 5.91 Å². The number of carbonyl (C=O) groups excluding carboxylic acids is 1. The van der Waals surface area contributed by atoms with Crippen LogP contribution in [0, 0.1) is 5.92 Å². The van der Waals surface area contributed by atoms with E-state index in [0.717, 1.165) is 57.9 Å². The molecule has 1 aromatic carbocycles. The van der Waals surface area contributed by atoms with Gasteiger partial charge in [0.15, 0.2) is 0 Å². The molecule has 6 heteroatoms. The molecule has 168 valence electrons. The van der Waals surface area contributed by atoms with Gasteiger partial charge < -0.3 is 10.2 Å². The number of piperidine rings is 1. The second-order valence-electron chi connectivity index (χ2n) is 9.20. The van der Waals surface area contributed by atoms with Crippen LogP contribution < -0.4 is 10.2 Å². The molecule has 0 radical (unpaired) electrons.